The Bertz CT molecular complexity index is 154. The maximum atomic E-state index is 7.19. The summed E-state index contributed by atoms with van der Waals surface area (Å²) in [6.45, 7) is 0. The predicted octanol–water partition coefficient (Wildman–Crippen LogP) is 1.34. The van der Waals surface area contributed by atoms with Crippen LogP contribution in [0.1, 0.15) is 6.42 Å². The van der Waals surface area contributed by atoms with E-state index in [1.165, 1.54) is 11.8 Å². The Morgan fingerprint density at radius 1 is 1.50 bits per heavy atom. The number of thioether (sulfide) groups is 1. The molecule has 0 aromatic carbocycles. The molecule has 0 saturated heterocycles. The number of alkyl halides is 1. The van der Waals surface area contributed by atoms with Gasteiger partial charge in [0.05, 0.1) is 0 Å². The van der Waals surface area contributed by atoms with E-state index >= 15 is 0 Å². The lowest BCUT2D eigenvalue weighted by molar-refractivity contribution is 1.12. The quantitative estimate of drug-likeness (QED) is 0.271. The lowest BCUT2D eigenvalue weighted by Crippen LogP contribution is -2.33. The number of halogens is 2. The maximum absolute atomic E-state index is 7.19. The van der Waals surface area contributed by atoms with Crippen LogP contribution in [-0.4, -0.2) is 22.8 Å². The average Bonchev–Trinajstić information content (AvgIpc) is 1.86. The molecule has 72 valence electrons. The molecule has 4 nitrogen and oxygen atoms in total. The van der Waals surface area contributed by atoms with E-state index in [0.29, 0.717) is 5.88 Å². The molecule has 0 saturated carbocycles. The topological polar surface area (TPSA) is 85.8 Å². The third kappa shape index (κ3) is 10.1. The smallest absolute Gasteiger partial charge is 0.191 e. The molecule has 0 atom stereocenters. The van der Waals surface area contributed by atoms with Crippen LogP contribution < -0.4 is 11.1 Å². The second-order valence-electron chi connectivity index (χ2n) is 1.76. The Labute approximate surface area is 91.4 Å². The third-order valence-electron chi connectivity index (χ3n) is 0.773. The van der Waals surface area contributed by atoms with Crippen molar-refractivity contribution in [3.05, 3.63) is 0 Å². The van der Waals surface area contributed by atoms with Crippen LogP contribution in [0.15, 0.2) is 0 Å². The molecule has 7 heteroatoms. The van der Waals surface area contributed by atoms with E-state index in [1.807, 2.05) is 0 Å². The SMILES string of the molecule is Br.N=C(N)NC(=N)SCCCCl. The summed E-state index contributed by atoms with van der Waals surface area (Å²) >= 11 is 6.72. The summed E-state index contributed by atoms with van der Waals surface area (Å²) in [6.07, 6.45) is 0.855. The standard InChI is InChI=1S/C5H11ClN4S.BrH/c6-2-1-3-11-5(9)10-4(7)8;/h1-3H2,(H5,7,8,9,10);1H. The van der Waals surface area contributed by atoms with E-state index in [-0.39, 0.29) is 28.1 Å². The first-order valence-electron chi connectivity index (χ1n) is 3.05. The molecule has 0 fully saturated rings. The van der Waals surface area contributed by atoms with E-state index in [9.17, 15) is 0 Å². The van der Waals surface area contributed by atoms with Gasteiger partial charge in [-0.2, -0.15) is 0 Å². The first-order valence-corrected chi connectivity index (χ1v) is 4.57. The summed E-state index contributed by atoms with van der Waals surface area (Å²) in [5.74, 6) is 1.18. The van der Waals surface area contributed by atoms with Gasteiger partial charge in [0, 0.05) is 11.6 Å². The van der Waals surface area contributed by atoms with Crippen LogP contribution in [0.4, 0.5) is 0 Å². The monoisotopic (exact) mass is 274 g/mol. The van der Waals surface area contributed by atoms with Crippen molar-refractivity contribution >= 4 is 51.5 Å². The van der Waals surface area contributed by atoms with Gasteiger partial charge in [-0.05, 0) is 6.42 Å². The Kier molecular flexibility index (Phi) is 11.1. The van der Waals surface area contributed by atoms with Crippen LogP contribution in [0.3, 0.4) is 0 Å². The van der Waals surface area contributed by atoms with Gasteiger partial charge >= 0.3 is 0 Å². The third-order valence-corrected chi connectivity index (χ3v) is 1.92. The van der Waals surface area contributed by atoms with Crippen LogP contribution >= 0.6 is 40.3 Å². The van der Waals surface area contributed by atoms with Gasteiger partial charge in [-0.15, -0.1) is 28.6 Å². The molecule has 0 radical (unpaired) electrons. The van der Waals surface area contributed by atoms with Crippen molar-refractivity contribution in [3.8, 4) is 0 Å². The molecule has 0 aromatic rings. The molecule has 0 unspecified atom stereocenters. The first kappa shape index (κ1) is 14.6. The molecule has 0 amide bonds. The second kappa shape index (κ2) is 9.15. The summed E-state index contributed by atoms with van der Waals surface area (Å²) in [5, 5.41) is 16.5. The minimum absolute atomic E-state index is 0. The second-order valence-corrected chi connectivity index (χ2v) is 3.24. The predicted molar refractivity (Wildman–Crippen MR) is 60.9 cm³/mol. The van der Waals surface area contributed by atoms with Crippen molar-refractivity contribution in [2.75, 3.05) is 11.6 Å². The van der Waals surface area contributed by atoms with E-state index in [4.69, 9.17) is 28.2 Å². The maximum Gasteiger partial charge on any atom is 0.191 e. The highest BCUT2D eigenvalue weighted by molar-refractivity contribution is 8.93. The molecule has 5 N–H and O–H groups in total. The summed E-state index contributed by atoms with van der Waals surface area (Å²) in [7, 11) is 0. The van der Waals surface area contributed by atoms with Gasteiger partial charge < -0.3 is 11.1 Å². The normalized spacial score (nSPS) is 8.42. The Hall–Kier alpha value is 0.0600. The van der Waals surface area contributed by atoms with Gasteiger partial charge in [0.25, 0.3) is 0 Å². The fraction of sp³-hybridized carbons (Fsp3) is 0.600. The Morgan fingerprint density at radius 2 is 2.08 bits per heavy atom. The first-order chi connectivity index (χ1) is 5.16. The zero-order chi connectivity index (χ0) is 8.69. The van der Waals surface area contributed by atoms with Crippen molar-refractivity contribution in [1.82, 2.24) is 5.32 Å². The zero-order valence-corrected chi connectivity index (χ0v) is 9.68. The molecule has 12 heavy (non-hydrogen) atoms. The minimum atomic E-state index is -0.201. The van der Waals surface area contributed by atoms with Crippen LogP contribution in [0.25, 0.3) is 0 Å². The number of nitrogens with two attached hydrogens (primary N) is 1. The largest absolute Gasteiger partial charge is 0.370 e. The number of nitrogens with one attached hydrogen (secondary N) is 3. The Balaban J connectivity index is 0. The molecule has 0 bridgehead atoms. The molecule has 0 rings (SSSR count). The molecular formula is C5H12BrClN4S. The molecular weight excluding hydrogens is 264 g/mol. The van der Waals surface area contributed by atoms with Gasteiger partial charge in [0.2, 0.25) is 0 Å². The molecule has 0 aliphatic rings. The highest BCUT2D eigenvalue weighted by atomic mass is 79.9. The van der Waals surface area contributed by atoms with Crippen LogP contribution in [0.5, 0.6) is 0 Å². The molecule has 0 heterocycles. The molecule has 0 aromatic heterocycles. The van der Waals surface area contributed by atoms with E-state index < -0.39 is 0 Å². The molecule has 0 spiro atoms. The summed E-state index contributed by atoms with van der Waals surface area (Å²) < 4.78 is 0. The minimum Gasteiger partial charge on any atom is -0.370 e. The fourth-order valence-corrected chi connectivity index (χ4v) is 1.35. The number of hydrogen-bond acceptors (Lipinski definition) is 3. The number of hydrogen-bond donors (Lipinski definition) is 4. The highest BCUT2D eigenvalue weighted by Gasteiger charge is 1.96. The van der Waals surface area contributed by atoms with Crippen molar-refractivity contribution in [1.29, 1.82) is 10.8 Å². The Morgan fingerprint density at radius 3 is 2.50 bits per heavy atom. The van der Waals surface area contributed by atoms with Crippen LogP contribution in [-0.2, 0) is 0 Å². The zero-order valence-electron chi connectivity index (χ0n) is 6.39. The lowest BCUT2D eigenvalue weighted by atomic mass is 10.6. The van der Waals surface area contributed by atoms with Crippen molar-refractivity contribution in [2.24, 2.45) is 5.73 Å². The highest BCUT2D eigenvalue weighted by Crippen LogP contribution is 2.02. The van der Waals surface area contributed by atoms with Crippen molar-refractivity contribution in [3.63, 3.8) is 0 Å². The number of rotatable bonds is 3. The van der Waals surface area contributed by atoms with E-state index in [1.54, 1.807) is 0 Å². The van der Waals surface area contributed by atoms with Gasteiger partial charge in [0.1, 0.15) is 0 Å². The van der Waals surface area contributed by atoms with Gasteiger partial charge in [-0.1, -0.05) is 11.8 Å². The van der Waals surface area contributed by atoms with E-state index in [2.05, 4.69) is 5.32 Å². The van der Waals surface area contributed by atoms with Crippen molar-refractivity contribution < 1.29 is 0 Å². The summed E-state index contributed by atoms with van der Waals surface area (Å²) in [5.41, 5.74) is 4.99. The number of guanidine groups is 1. The molecule has 0 aliphatic carbocycles. The van der Waals surface area contributed by atoms with Gasteiger partial charge in [-0.25, -0.2) is 0 Å². The lowest BCUT2D eigenvalue weighted by Gasteiger charge is -2.02. The van der Waals surface area contributed by atoms with Crippen LogP contribution in [0, 0.1) is 10.8 Å². The average molecular weight is 276 g/mol. The van der Waals surface area contributed by atoms with Gasteiger partial charge in [-0.3, -0.25) is 10.8 Å². The van der Waals surface area contributed by atoms with Crippen LogP contribution in [0.2, 0.25) is 0 Å². The van der Waals surface area contributed by atoms with E-state index in [0.717, 1.165) is 12.2 Å². The van der Waals surface area contributed by atoms with Gasteiger partial charge in [0.15, 0.2) is 11.1 Å². The molecule has 0 aliphatic heterocycles. The number of amidine groups is 1. The summed E-state index contributed by atoms with van der Waals surface area (Å²) in [4.78, 5) is 0. The fourth-order valence-electron chi connectivity index (χ4n) is 0.387. The summed E-state index contributed by atoms with van der Waals surface area (Å²) in [6, 6.07) is 0. The van der Waals surface area contributed by atoms with Crippen molar-refractivity contribution in [2.45, 2.75) is 6.42 Å².